The predicted molar refractivity (Wildman–Crippen MR) is 117 cm³/mol. The number of hydrogen-bond acceptors (Lipinski definition) is 9. The van der Waals surface area contributed by atoms with Crippen LogP contribution in [0.15, 0.2) is 32.4 Å². The van der Waals surface area contributed by atoms with Crippen molar-refractivity contribution in [1.82, 2.24) is 30.7 Å². The van der Waals surface area contributed by atoms with Crippen LogP contribution < -0.4 is 16.1 Å². The van der Waals surface area contributed by atoms with Gasteiger partial charge in [0.25, 0.3) is 5.91 Å². The lowest BCUT2D eigenvalue weighted by atomic mass is 9.99. The van der Waals surface area contributed by atoms with Gasteiger partial charge >= 0.3 is 0 Å². The van der Waals surface area contributed by atoms with Crippen LogP contribution in [0.1, 0.15) is 41.5 Å². The SMILES string of the molecule is CC1CC[NH+](Cc2c(C(=O)N/N=C/c3cc(Br)ccc3O)nnn2-c2nonc2N)CC1. The normalized spacial score (nSPS) is 18.8. The van der Waals surface area contributed by atoms with E-state index in [4.69, 9.17) is 10.4 Å². The molecule has 2 aromatic heterocycles. The number of anilines is 1. The monoisotopic (exact) mass is 504 g/mol. The number of quaternary nitrogens is 1. The van der Waals surface area contributed by atoms with Gasteiger partial charge in [-0.15, -0.1) is 5.10 Å². The summed E-state index contributed by atoms with van der Waals surface area (Å²) >= 11 is 3.33. The number of nitrogens with zero attached hydrogens (tertiary/aromatic N) is 6. The van der Waals surface area contributed by atoms with Crippen LogP contribution in [0.25, 0.3) is 5.82 Å². The van der Waals surface area contributed by atoms with Crippen molar-refractivity contribution in [2.75, 3.05) is 18.8 Å². The number of amides is 1. The molecule has 0 atom stereocenters. The molecule has 3 heterocycles. The van der Waals surface area contributed by atoms with Gasteiger partial charge in [-0.1, -0.05) is 28.1 Å². The van der Waals surface area contributed by atoms with Crippen molar-refractivity contribution in [2.45, 2.75) is 26.3 Å². The van der Waals surface area contributed by atoms with Gasteiger partial charge in [0.2, 0.25) is 11.6 Å². The molecule has 12 nitrogen and oxygen atoms in total. The quantitative estimate of drug-likeness (QED) is 0.274. The predicted octanol–water partition coefficient (Wildman–Crippen LogP) is 0.279. The summed E-state index contributed by atoms with van der Waals surface area (Å²) in [6.07, 6.45) is 3.55. The molecule has 0 aliphatic carbocycles. The zero-order chi connectivity index (χ0) is 22.7. The number of rotatable bonds is 6. The highest BCUT2D eigenvalue weighted by atomic mass is 79.9. The van der Waals surface area contributed by atoms with Crippen molar-refractivity contribution >= 4 is 33.9 Å². The van der Waals surface area contributed by atoms with E-state index in [0.717, 1.165) is 30.4 Å². The molecule has 3 aromatic rings. The molecular weight excluding hydrogens is 482 g/mol. The zero-order valence-corrected chi connectivity index (χ0v) is 18.9. The molecule has 13 heteroatoms. The molecule has 5 N–H and O–H groups in total. The molecule has 1 saturated heterocycles. The van der Waals surface area contributed by atoms with Gasteiger partial charge in [-0.25, -0.2) is 10.1 Å². The van der Waals surface area contributed by atoms with Gasteiger partial charge in [-0.05, 0) is 47.3 Å². The number of piperidine rings is 1. The number of carbonyl (C=O) groups is 1. The van der Waals surface area contributed by atoms with Gasteiger partial charge in [-0.3, -0.25) is 4.79 Å². The van der Waals surface area contributed by atoms with Crippen molar-refractivity contribution in [3.63, 3.8) is 0 Å². The number of carbonyl (C=O) groups excluding carboxylic acids is 1. The number of nitrogen functional groups attached to an aromatic ring is 1. The van der Waals surface area contributed by atoms with E-state index in [9.17, 15) is 9.90 Å². The minimum Gasteiger partial charge on any atom is -0.507 e. The molecule has 1 aliphatic rings. The number of likely N-dealkylation sites (tertiary alicyclic amines) is 1. The molecular formula is C19H23BrN9O3+. The number of halogens is 1. The molecule has 0 spiro atoms. The first-order valence-electron chi connectivity index (χ1n) is 10.1. The second-order valence-electron chi connectivity index (χ2n) is 7.78. The zero-order valence-electron chi connectivity index (χ0n) is 17.3. The van der Waals surface area contributed by atoms with Crippen LogP contribution in [0.3, 0.4) is 0 Å². The van der Waals surface area contributed by atoms with E-state index in [1.54, 1.807) is 12.1 Å². The summed E-state index contributed by atoms with van der Waals surface area (Å²) in [6.45, 7) is 4.69. The Morgan fingerprint density at radius 1 is 1.44 bits per heavy atom. The number of nitrogens with one attached hydrogen (secondary N) is 2. The third-order valence-electron chi connectivity index (χ3n) is 5.43. The lowest BCUT2D eigenvalue weighted by Crippen LogP contribution is -3.11. The van der Waals surface area contributed by atoms with Crippen LogP contribution in [0.5, 0.6) is 5.75 Å². The Hall–Kier alpha value is -3.32. The number of phenols is 1. The number of hydrogen-bond donors (Lipinski definition) is 4. The van der Waals surface area contributed by atoms with Crippen LogP contribution in [-0.4, -0.2) is 55.6 Å². The second-order valence-corrected chi connectivity index (χ2v) is 8.70. The van der Waals surface area contributed by atoms with Crippen LogP contribution in [0.4, 0.5) is 5.82 Å². The van der Waals surface area contributed by atoms with E-state index in [-0.39, 0.29) is 23.1 Å². The van der Waals surface area contributed by atoms with Crippen LogP contribution in [0.2, 0.25) is 0 Å². The van der Waals surface area contributed by atoms with Crippen molar-refractivity contribution in [3.8, 4) is 11.6 Å². The Labute approximate surface area is 191 Å². The largest absolute Gasteiger partial charge is 0.507 e. The van der Waals surface area contributed by atoms with Gasteiger partial charge in [0.15, 0.2) is 5.69 Å². The van der Waals surface area contributed by atoms with E-state index < -0.39 is 5.91 Å². The van der Waals surface area contributed by atoms with E-state index in [1.165, 1.54) is 21.9 Å². The highest BCUT2D eigenvalue weighted by Gasteiger charge is 2.28. The second kappa shape index (κ2) is 9.44. The fraction of sp³-hybridized carbons (Fsp3) is 0.368. The number of phenolic OH excluding ortho intramolecular Hbond substituents is 1. The minimum absolute atomic E-state index is 0.0368. The first kappa shape index (κ1) is 21.9. The molecule has 1 amide bonds. The summed E-state index contributed by atoms with van der Waals surface area (Å²) in [5, 5.41) is 29.3. The van der Waals surface area contributed by atoms with Crippen molar-refractivity contribution in [1.29, 1.82) is 0 Å². The third-order valence-corrected chi connectivity index (χ3v) is 5.93. The fourth-order valence-electron chi connectivity index (χ4n) is 3.57. The van der Waals surface area contributed by atoms with E-state index in [0.29, 0.717) is 23.7 Å². The van der Waals surface area contributed by atoms with E-state index in [1.807, 2.05) is 0 Å². The smallest absolute Gasteiger partial charge is 0.294 e. The van der Waals surface area contributed by atoms with Crippen LogP contribution in [-0.2, 0) is 6.54 Å². The molecule has 0 saturated carbocycles. The highest BCUT2D eigenvalue weighted by Crippen LogP contribution is 2.20. The molecule has 0 bridgehead atoms. The number of aromatic nitrogens is 5. The molecule has 168 valence electrons. The summed E-state index contributed by atoms with van der Waals surface area (Å²) < 4.78 is 6.85. The molecule has 4 rings (SSSR count). The fourth-order valence-corrected chi connectivity index (χ4v) is 3.95. The maximum Gasteiger partial charge on any atom is 0.294 e. The first-order chi connectivity index (χ1) is 15.4. The molecule has 32 heavy (non-hydrogen) atoms. The van der Waals surface area contributed by atoms with Gasteiger partial charge in [0.05, 0.1) is 19.3 Å². The average molecular weight is 505 g/mol. The molecule has 1 fully saturated rings. The standard InChI is InChI=1S/C19H22BrN9O3/c1-11-4-6-28(7-5-11)10-14-16(23-27-29(14)18-17(21)25-32-26-18)19(31)24-22-9-12-8-13(20)2-3-15(12)30/h2-3,8-9,11,30H,4-7,10H2,1H3,(H2,21,25)(H,24,31)/p+1/b22-9+. The first-order valence-corrected chi connectivity index (χ1v) is 10.9. The topological polar surface area (TPSA) is 162 Å². The van der Waals surface area contributed by atoms with Gasteiger partial charge in [0, 0.05) is 10.0 Å². The third kappa shape index (κ3) is 4.78. The van der Waals surface area contributed by atoms with E-state index >= 15 is 0 Å². The van der Waals surface area contributed by atoms with Crippen molar-refractivity contribution < 1.29 is 19.4 Å². The maximum absolute atomic E-state index is 12.9. The Morgan fingerprint density at radius 3 is 2.94 bits per heavy atom. The van der Waals surface area contributed by atoms with E-state index in [2.05, 4.69) is 54.0 Å². The summed E-state index contributed by atoms with van der Waals surface area (Å²) in [6, 6.07) is 4.90. The van der Waals surface area contributed by atoms with Crippen molar-refractivity contribution in [3.05, 3.63) is 39.6 Å². The highest BCUT2D eigenvalue weighted by molar-refractivity contribution is 9.10. The van der Waals surface area contributed by atoms with Crippen molar-refractivity contribution in [2.24, 2.45) is 11.0 Å². The Bertz CT molecular complexity index is 1140. The average Bonchev–Trinajstić information content (AvgIpc) is 3.37. The minimum atomic E-state index is -0.545. The number of hydrazone groups is 1. The Balaban J connectivity index is 1.57. The number of aromatic hydroxyl groups is 1. The molecule has 0 radical (unpaired) electrons. The van der Waals surface area contributed by atoms with Crippen LogP contribution >= 0.6 is 15.9 Å². The molecule has 0 unspecified atom stereocenters. The summed E-state index contributed by atoms with van der Waals surface area (Å²) in [7, 11) is 0. The Morgan fingerprint density at radius 2 is 2.22 bits per heavy atom. The maximum atomic E-state index is 12.9. The lowest BCUT2D eigenvalue weighted by Gasteiger charge is -2.27. The number of benzene rings is 1. The summed E-state index contributed by atoms with van der Waals surface area (Å²) in [5.41, 5.74) is 9.36. The Kier molecular flexibility index (Phi) is 6.46. The van der Waals surface area contributed by atoms with Gasteiger partial charge in [0.1, 0.15) is 18.0 Å². The summed E-state index contributed by atoms with van der Waals surface area (Å²) in [4.78, 5) is 14.2. The van der Waals surface area contributed by atoms with Gasteiger partial charge in [-0.2, -0.15) is 9.78 Å². The van der Waals surface area contributed by atoms with Crippen LogP contribution in [0, 0.1) is 5.92 Å². The number of nitrogens with two attached hydrogens (primary N) is 1. The molecule has 1 aromatic carbocycles. The lowest BCUT2D eigenvalue weighted by molar-refractivity contribution is -0.920. The summed E-state index contributed by atoms with van der Waals surface area (Å²) in [5.74, 6) is 0.405. The molecule has 1 aliphatic heterocycles. The van der Waals surface area contributed by atoms with Gasteiger partial charge < -0.3 is 15.7 Å².